The second-order valence-electron chi connectivity index (χ2n) is 7.82. The van der Waals surface area contributed by atoms with E-state index in [0.717, 1.165) is 21.2 Å². The lowest BCUT2D eigenvalue weighted by Crippen LogP contribution is -2.24. The van der Waals surface area contributed by atoms with E-state index in [1.165, 1.54) is 12.3 Å². The van der Waals surface area contributed by atoms with Crippen LogP contribution in [0.15, 0.2) is 119 Å². The third kappa shape index (κ3) is 8.02. The molecule has 7 heteroatoms. The molecule has 4 aromatic rings. The summed E-state index contributed by atoms with van der Waals surface area (Å²) in [7, 11) is 0. The maximum absolute atomic E-state index is 12.3. The normalized spacial score (nSPS) is 10.9. The Morgan fingerprint density at radius 2 is 1.51 bits per heavy atom. The van der Waals surface area contributed by atoms with Crippen molar-refractivity contribution >= 4 is 40.1 Å². The summed E-state index contributed by atoms with van der Waals surface area (Å²) in [5, 5.41) is 3.98. The lowest BCUT2D eigenvalue weighted by atomic mass is 10.1. The molecular formula is C30H23BrN2O4. The van der Waals surface area contributed by atoms with Gasteiger partial charge in [0.15, 0.2) is 6.61 Å². The van der Waals surface area contributed by atoms with E-state index in [1.54, 1.807) is 24.3 Å². The highest BCUT2D eigenvalue weighted by Gasteiger charge is 2.08. The van der Waals surface area contributed by atoms with Gasteiger partial charge >= 0.3 is 5.97 Å². The van der Waals surface area contributed by atoms with Gasteiger partial charge in [0, 0.05) is 16.1 Å². The van der Waals surface area contributed by atoms with Crippen molar-refractivity contribution in [2.24, 2.45) is 5.10 Å². The molecular weight excluding hydrogens is 532 g/mol. The van der Waals surface area contributed by atoms with E-state index >= 15 is 0 Å². The minimum Gasteiger partial charge on any atom is -0.484 e. The predicted molar refractivity (Wildman–Crippen MR) is 148 cm³/mol. The van der Waals surface area contributed by atoms with Crippen molar-refractivity contribution in [3.8, 4) is 22.6 Å². The van der Waals surface area contributed by atoms with Crippen LogP contribution >= 0.6 is 15.9 Å². The molecule has 0 aliphatic rings. The number of hydrazone groups is 1. The summed E-state index contributed by atoms with van der Waals surface area (Å²) >= 11 is 3.39. The van der Waals surface area contributed by atoms with E-state index in [4.69, 9.17) is 9.47 Å². The maximum atomic E-state index is 12.3. The molecule has 4 aromatic carbocycles. The molecule has 4 rings (SSSR count). The summed E-state index contributed by atoms with van der Waals surface area (Å²) in [5.41, 5.74) is 5.97. The first-order valence-electron chi connectivity index (χ1n) is 11.4. The van der Waals surface area contributed by atoms with Crippen molar-refractivity contribution in [2.45, 2.75) is 0 Å². The first kappa shape index (κ1) is 25.6. The molecule has 0 aliphatic heterocycles. The Morgan fingerprint density at radius 3 is 2.24 bits per heavy atom. The SMILES string of the molecule is O=C(COc1ccc(-c2ccccc2)cc1)NN=Cc1cc(Br)ccc1OC(=O)C=Cc1ccccc1. The fourth-order valence-electron chi connectivity index (χ4n) is 3.31. The highest BCUT2D eigenvalue weighted by atomic mass is 79.9. The molecule has 0 saturated carbocycles. The van der Waals surface area contributed by atoms with Crippen LogP contribution in [0.4, 0.5) is 0 Å². The zero-order chi connectivity index (χ0) is 25.9. The number of hydrogen-bond donors (Lipinski definition) is 1. The third-order valence-electron chi connectivity index (χ3n) is 5.12. The molecule has 0 atom stereocenters. The Labute approximate surface area is 223 Å². The minimum atomic E-state index is -0.531. The first-order valence-corrected chi connectivity index (χ1v) is 12.2. The van der Waals surface area contributed by atoms with Gasteiger partial charge in [0.2, 0.25) is 0 Å². The van der Waals surface area contributed by atoms with Crippen LogP contribution in [0.1, 0.15) is 11.1 Å². The van der Waals surface area contributed by atoms with E-state index in [-0.39, 0.29) is 6.61 Å². The molecule has 1 N–H and O–H groups in total. The number of ether oxygens (including phenoxy) is 2. The molecule has 1 amide bonds. The molecule has 184 valence electrons. The molecule has 0 heterocycles. The zero-order valence-electron chi connectivity index (χ0n) is 19.7. The van der Waals surface area contributed by atoms with Crippen molar-refractivity contribution in [2.75, 3.05) is 6.61 Å². The minimum absolute atomic E-state index is 0.202. The number of halogens is 1. The van der Waals surface area contributed by atoms with Crippen LogP contribution in [0.3, 0.4) is 0 Å². The van der Waals surface area contributed by atoms with Crippen molar-refractivity contribution in [1.29, 1.82) is 0 Å². The van der Waals surface area contributed by atoms with Gasteiger partial charge in [-0.25, -0.2) is 10.2 Å². The van der Waals surface area contributed by atoms with Gasteiger partial charge in [-0.15, -0.1) is 0 Å². The Bertz CT molecular complexity index is 1400. The van der Waals surface area contributed by atoms with Crippen LogP contribution in [0.25, 0.3) is 17.2 Å². The average Bonchev–Trinajstić information content (AvgIpc) is 2.93. The number of nitrogens with zero attached hydrogens (tertiary/aromatic N) is 1. The number of carbonyl (C=O) groups excluding carboxylic acids is 2. The van der Waals surface area contributed by atoms with E-state index in [9.17, 15) is 9.59 Å². The van der Waals surface area contributed by atoms with Crippen molar-refractivity contribution in [3.63, 3.8) is 0 Å². The summed E-state index contributed by atoms with van der Waals surface area (Å²) in [6, 6.07) is 32.0. The number of rotatable bonds is 9. The Balaban J connectivity index is 1.30. The molecule has 0 unspecified atom stereocenters. The van der Waals surface area contributed by atoms with Gasteiger partial charge in [-0.2, -0.15) is 5.10 Å². The third-order valence-corrected chi connectivity index (χ3v) is 5.61. The largest absolute Gasteiger partial charge is 0.484 e. The van der Waals surface area contributed by atoms with E-state index in [0.29, 0.717) is 17.1 Å². The van der Waals surface area contributed by atoms with Gasteiger partial charge in [0.25, 0.3) is 5.91 Å². The zero-order valence-corrected chi connectivity index (χ0v) is 21.3. The summed E-state index contributed by atoms with van der Waals surface area (Å²) in [6.45, 7) is -0.202. The first-order chi connectivity index (χ1) is 18.1. The second-order valence-corrected chi connectivity index (χ2v) is 8.74. The molecule has 37 heavy (non-hydrogen) atoms. The Morgan fingerprint density at radius 1 is 0.838 bits per heavy atom. The fraction of sp³-hybridized carbons (Fsp3) is 0.0333. The van der Waals surface area contributed by atoms with Gasteiger partial charge in [-0.3, -0.25) is 4.79 Å². The monoisotopic (exact) mass is 554 g/mol. The predicted octanol–water partition coefficient (Wildman–Crippen LogP) is 6.26. The van der Waals surface area contributed by atoms with Gasteiger partial charge < -0.3 is 9.47 Å². The van der Waals surface area contributed by atoms with Crippen LogP contribution in [0.2, 0.25) is 0 Å². The van der Waals surface area contributed by atoms with Gasteiger partial charge in [0.1, 0.15) is 11.5 Å². The lowest BCUT2D eigenvalue weighted by molar-refractivity contribution is -0.129. The molecule has 0 aromatic heterocycles. The van der Waals surface area contributed by atoms with Crippen molar-refractivity contribution in [1.82, 2.24) is 5.43 Å². The summed E-state index contributed by atoms with van der Waals surface area (Å²) in [5.74, 6) is -0.0820. The average molecular weight is 555 g/mol. The van der Waals surface area contributed by atoms with Gasteiger partial charge in [-0.1, -0.05) is 88.7 Å². The van der Waals surface area contributed by atoms with E-state index < -0.39 is 11.9 Å². The van der Waals surface area contributed by atoms with E-state index in [2.05, 4.69) is 26.5 Å². The molecule has 0 radical (unpaired) electrons. The van der Waals surface area contributed by atoms with Crippen LogP contribution in [0, 0.1) is 0 Å². The fourth-order valence-corrected chi connectivity index (χ4v) is 3.69. The molecule has 0 aliphatic carbocycles. The number of benzene rings is 4. The van der Waals surface area contributed by atoms with Crippen LogP contribution in [-0.4, -0.2) is 24.7 Å². The number of esters is 1. The molecule has 0 bridgehead atoms. The smallest absolute Gasteiger partial charge is 0.336 e. The van der Waals surface area contributed by atoms with Gasteiger partial charge in [0.05, 0.1) is 6.21 Å². The van der Waals surface area contributed by atoms with Crippen LogP contribution < -0.4 is 14.9 Å². The standard InChI is InChI=1S/C30H23BrN2O4/c31-26-14-17-28(37-30(35)18-11-22-7-3-1-4-8-22)25(19-26)20-32-33-29(34)21-36-27-15-12-24(13-16-27)23-9-5-2-6-10-23/h1-20H,21H2,(H,33,34). The van der Waals surface area contributed by atoms with Crippen LogP contribution in [0.5, 0.6) is 11.5 Å². The number of hydrogen-bond acceptors (Lipinski definition) is 5. The maximum Gasteiger partial charge on any atom is 0.336 e. The molecule has 0 saturated heterocycles. The highest BCUT2D eigenvalue weighted by Crippen LogP contribution is 2.23. The molecule has 0 fully saturated rings. The number of amides is 1. The highest BCUT2D eigenvalue weighted by molar-refractivity contribution is 9.10. The summed E-state index contributed by atoms with van der Waals surface area (Å²) in [6.07, 6.45) is 4.43. The molecule has 6 nitrogen and oxygen atoms in total. The lowest BCUT2D eigenvalue weighted by Gasteiger charge is -2.07. The number of nitrogens with one attached hydrogen (secondary N) is 1. The second kappa shape index (κ2) is 13.0. The quantitative estimate of drug-likeness (QED) is 0.0870. The molecule has 0 spiro atoms. The number of carbonyl (C=O) groups is 2. The van der Waals surface area contributed by atoms with Gasteiger partial charge in [-0.05, 0) is 53.1 Å². The van der Waals surface area contributed by atoms with Crippen molar-refractivity contribution < 1.29 is 19.1 Å². The summed E-state index contributed by atoms with van der Waals surface area (Å²) in [4.78, 5) is 24.5. The Hall–Kier alpha value is -4.49. The van der Waals surface area contributed by atoms with Crippen LogP contribution in [-0.2, 0) is 9.59 Å². The topological polar surface area (TPSA) is 77.0 Å². The Kier molecular flexibility index (Phi) is 8.99. The summed E-state index contributed by atoms with van der Waals surface area (Å²) < 4.78 is 11.8. The van der Waals surface area contributed by atoms with E-state index in [1.807, 2.05) is 84.9 Å². The van der Waals surface area contributed by atoms with Crippen molar-refractivity contribution in [3.05, 3.63) is 125 Å².